The highest BCUT2D eigenvalue weighted by molar-refractivity contribution is 5.99. The molecule has 1 saturated carbocycles. The lowest BCUT2D eigenvalue weighted by molar-refractivity contribution is 0.134. The van der Waals surface area contributed by atoms with Gasteiger partial charge in [-0.25, -0.2) is 4.98 Å². The molecule has 0 unspecified atom stereocenters. The van der Waals surface area contributed by atoms with Crippen LogP contribution in [0.5, 0.6) is 0 Å². The van der Waals surface area contributed by atoms with E-state index >= 15 is 0 Å². The Hall–Kier alpha value is -4.41. The van der Waals surface area contributed by atoms with Crippen molar-refractivity contribution in [2.24, 2.45) is 11.3 Å². The van der Waals surface area contributed by atoms with Gasteiger partial charge in [-0.3, -0.25) is 9.99 Å². The molecule has 1 fully saturated rings. The van der Waals surface area contributed by atoms with Gasteiger partial charge in [0.05, 0.1) is 39.6 Å². The van der Waals surface area contributed by atoms with Crippen LogP contribution in [-0.4, -0.2) is 27.1 Å². The van der Waals surface area contributed by atoms with Gasteiger partial charge in [-0.15, -0.1) is 5.53 Å². The van der Waals surface area contributed by atoms with E-state index in [4.69, 9.17) is 0 Å². The summed E-state index contributed by atoms with van der Waals surface area (Å²) in [6.07, 6.45) is 5.75. The van der Waals surface area contributed by atoms with Crippen LogP contribution >= 0.6 is 0 Å². The molecule has 2 aliphatic rings. The van der Waals surface area contributed by atoms with Crippen LogP contribution in [0.2, 0.25) is 0 Å². The fourth-order valence-electron chi connectivity index (χ4n) is 5.38. The van der Waals surface area contributed by atoms with Crippen LogP contribution in [-0.2, 0) is 0 Å². The molecule has 9 nitrogen and oxygen atoms in total. The lowest BCUT2D eigenvalue weighted by Gasteiger charge is -2.30. The van der Waals surface area contributed by atoms with Crippen molar-refractivity contribution in [3.63, 3.8) is 0 Å². The third-order valence-corrected chi connectivity index (χ3v) is 7.94. The average Bonchev–Trinajstić information content (AvgIpc) is 3.60. The van der Waals surface area contributed by atoms with Crippen molar-refractivity contribution in [2.75, 3.05) is 17.2 Å². The minimum atomic E-state index is -0.544. The first-order valence-electron chi connectivity index (χ1n) is 13.9. The summed E-state index contributed by atoms with van der Waals surface area (Å²) in [6.45, 7) is 13.2. The number of rotatable bonds is 8. The third-order valence-electron chi connectivity index (χ3n) is 7.94. The van der Waals surface area contributed by atoms with Crippen molar-refractivity contribution in [3.8, 4) is 12.1 Å². The largest absolute Gasteiger partial charge is 0.383 e. The summed E-state index contributed by atoms with van der Waals surface area (Å²) in [4.78, 5) is 8.54. The molecule has 4 N–H and O–H groups in total. The molecule has 5 rings (SSSR count). The summed E-state index contributed by atoms with van der Waals surface area (Å²) in [5.41, 5.74) is 11.4. The Morgan fingerprint density at radius 3 is 2.49 bits per heavy atom. The maximum Gasteiger partial charge on any atom is 0.213 e. The highest BCUT2D eigenvalue weighted by Gasteiger charge is 2.51. The van der Waals surface area contributed by atoms with Crippen LogP contribution in [0.3, 0.4) is 0 Å². The number of nitrogens with one attached hydrogen (secondary N) is 4. The zero-order valence-corrected chi connectivity index (χ0v) is 24.4. The molecule has 3 heterocycles. The van der Waals surface area contributed by atoms with E-state index in [-0.39, 0.29) is 11.0 Å². The summed E-state index contributed by atoms with van der Waals surface area (Å²) >= 11 is 0. The van der Waals surface area contributed by atoms with Gasteiger partial charge >= 0.3 is 0 Å². The van der Waals surface area contributed by atoms with Crippen molar-refractivity contribution in [2.45, 2.75) is 66.0 Å². The Kier molecular flexibility index (Phi) is 7.23. The van der Waals surface area contributed by atoms with Crippen molar-refractivity contribution in [1.29, 1.82) is 10.5 Å². The summed E-state index contributed by atoms with van der Waals surface area (Å²) in [6, 6.07) is 10.8. The molecule has 0 radical (unpaired) electrons. The number of pyridine rings is 2. The number of hydrogen-bond acceptors (Lipinski definition) is 9. The van der Waals surface area contributed by atoms with E-state index < -0.39 is 12.0 Å². The van der Waals surface area contributed by atoms with Crippen LogP contribution in [0.25, 0.3) is 10.9 Å². The molecule has 1 atom stereocenters. The van der Waals surface area contributed by atoms with E-state index in [1.807, 2.05) is 6.07 Å². The van der Waals surface area contributed by atoms with Crippen molar-refractivity contribution in [1.82, 2.24) is 25.9 Å². The molecular formula is C31H36FN9. The van der Waals surface area contributed by atoms with Crippen molar-refractivity contribution < 1.29 is 4.39 Å². The zero-order chi connectivity index (χ0) is 29.5. The van der Waals surface area contributed by atoms with Crippen LogP contribution in [0.15, 0.2) is 42.4 Å². The van der Waals surface area contributed by atoms with Gasteiger partial charge in [-0.05, 0) is 49.3 Å². The Morgan fingerprint density at radius 1 is 1.15 bits per heavy atom. The molecule has 2 aromatic heterocycles. The van der Waals surface area contributed by atoms with Crippen molar-refractivity contribution >= 4 is 22.3 Å². The molecule has 1 aromatic carbocycles. The fourth-order valence-corrected chi connectivity index (χ4v) is 5.38. The van der Waals surface area contributed by atoms with E-state index in [0.29, 0.717) is 51.6 Å². The van der Waals surface area contributed by atoms with E-state index in [0.717, 1.165) is 24.1 Å². The molecule has 0 bridgehead atoms. The molecule has 3 aromatic rings. The maximum absolute atomic E-state index is 14.0. The fraction of sp³-hybridized carbons (Fsp3) is 0.419. The molecule has 1 aliphatic carbocycles. The van der Waals surface area contributed by atoms with Gasteiger partial charge in [0.2, 0.25) is 5.95 Å². The summed E-state index contributed by atoms with van der Waals surface area (Å²) < 4.78 is 14.0. The minimum absolute atomic E-state index is 0.0388. The average molecular weight is 554 g/mol. The van der Waals surface area contributed by atoms with Crippen LogP contribution in [0.4, 0.5) is 15.8 Å². The first-order chi connectivity index (χ1) is 19.5. The van der Waals surface area contributed by atoms with Gasteiger partial charge < -0.3 is 16.1 Å². The number of halogens is 1. The minimum Gasteiger partial charge on any atom is -0.383 e. The first kappa shape index (κ1) is 28.1. The van der Waals surface area contributed by atoms with Gasteiger partial charge in [0.1, 0.15) is 12.1 Å². The number of aryl methyl sites for hydroxylation is 1. The van der Waals surface area contributed by atoms with Crippen LogP contribution in [0.1, 0.15) is 75.9 Å². The number of hydrazine groups is 2. The molecular weight excluding hydrogens is 517 g/mol. The van der Waals surface area contributed by atoms with Gasteiger partial charge in [0, 0.05) is 41.3 Å². The zero-order valence-electron chi connectivity index (χ0n) is 24.4. The first-order valence-corrected chi connectivity index (χ1v) is 13.9. The van der Waals surface area contributed by atoms with E-state index in [1.165, 1.54) is 12.3 Å². The standard InChI is InChI=1S/C31H36FN9/c1-18(2)31(9-10-31)41-16-25(39-40-41)29(23-7-8-26(32)37-19(23)3)38-22-11-20(13-33)27-24(12-22)28(21(14-34)15-35-27)36-17-30(4,5)6/h7-8,11-12,15-16,18,29,38-40H,9-10,17H2,1-6H3,(H,35,36)/t29-/m0/s1. The van der Waals surface area contributed by atoms with E-state index in [2.05, 4.69) is 89.5 Å². The molecule has 0 saturated heterocycles. The number of benzene rings is 1. The molecule has 10 heteroatoms. The highest BCUT2D eigenvalue weighted by Crippen LogP contribution is 2.48. The number of aromatic nitrogens is 2. The van der Waals surface area contributed by atoms with Gasteiger partial charge in [0.25, 0.3) is 0 Å². The second-order valence-electron chi connectivity index (χ2n) is 12.4. The molecule has 0 amide bonds. The SMILES string of the molecule is Cc1nc(F)ccc1[C@H](Nc1cc(C#N)c2ncc(C#N)c(NCC(C)(C)C)c2c1)C1=CN(C2(C(C)C)CC2)NN1. The Morgan fingerprint density at radius 2 is 1.88 bits per heavy atom. The third kappa shape index (κ3) is 5.48. The molecule has 212 valence electrons. The Balaban J connectivity index is 1.61. The topological polar surface area (TPSA) is 125 Å². The lowest BCUT2D eigenvalue weighted by Crippen LogP contribution is -2.47. The normalized spacial score (nSPS) is 16.5. The number of nitriles is 2. The van der Waals surface area contributed by atoms with E-state index in [1.54, 1.807) is 19.1 Å². The maximum atomic E-state index is 14.0. The predicted molar refractivity (Wildman–Crippen MR) is 157 cm³/mol. The molecule has 0 spiro atoms. The second-order valence-corrected chi connectivity index (χ2v) is 12.4. The molecule has 1 aliphatic heterocycles. The smallest absolute Gasteiger partial charge is 0.213 e. The van der Waals surface area contributed by atoms with Gasteiger partial charge in [-0.1, -0.05) is 40.7 Å². The number of fused-ring (bicyclic) bond motifs is 1. The van der Waals surface area contributed by atoms with Crippen molar-refractivity contribution in [3.05, 3.63) is 70.7 Å². The number of hydrogen-bond donors (Lipinski definition) is 4. The van der Waals surface area contributed by atoms with Gasteiger partial charge in [0.15, 0.2) is 0 Å². The summed E-state index contributed by atoms with van der Waals surface area (Å²) in [5, 5.41) is 29.7. The quantitative estimate of drug-likeness (QED) is 0.257. The highest BCUT2D eigenvalue weighted by atomic mass is 19.1. The number of nitrogens with zero attached hydrogens (tertiary/aromatic N) is 5. The lowest BCUT2D eigenvalue weighted by atomic mass is 9.96. The Bertz CT molecular complexity index is 1600. The number of anilines is 2. The second kappa shape index (κ2) is 10.5. The Labute approximate surface area is 240 Å². The van der Waals surface area contributed by atoms with E-state index in [9.17, 15) is 14.9 Å². The summed E-state index contributed by atoms with van der Waals surface area (Å²) in [5.74, 6) is -0.0930. The van der Waals surface area contributed by atoms with Crippen LogP contribution in [0, 0.1) is 46.9 Å². The summed E-state index contributed by atoms with van der Waals surface area (Å²) in [7, 11) is 0. The molecule has 41 heavy (non-hydrogen) atoms. The monoisotopic (exact) mass is 553 g/mol. The van der Waals surface area contributed by atoms with Crippen LogP contribution < -0.4 is 21.6 Å². The van der Waals surface area contributed by atoms with Gasteiger partial charge in [-0.2, -0.15) is 14.9 Å². The predicted octanol–water partition coefficient (Wildman–Crippen LogP) is 5.79.